The number of hydrogen-bond acceptors (Lipinski definition) is 2. The first-order valence-electron chi connectivity index (χ1n) is 6.98. The van der Waals surface area contributed by atoms with Gasteiger partial charge >= 0.3 is 0 Å². The largest absolute Gasteiger partial charge is 0.483 e. The number of nitrogens with zero attached hydrogens (tertiary/aromatic N) is 1. The molecule has 0 aliphatic rings. The molecule has 1 amide bonds. The van der Waals surface area contributed by atoms with Crippen LogP contribution >= 0.6 is 15.9 Å². The predicted octanol–water partition coefficient (Wildman–Crippen LogP) is 4.33. The molecule has 0 heterocycles. The highest BCUT2D eigenvalue weighted by Gasteiger charge is 2.21. The number of ether oxygens (including phenoxy) is 1. The molecule has 2 aromatic rings. The van der Waals surface area contributed by atoms with Gasteiger partial charge < -0.3 is 9.64 Å². The molecule has 0 radical (unpaired) electrons. The summed E-state index contributed by atoms with van der Waals surface area (Å²) in [6, 6.07) is 9.74. The normalized spacial score (nSPS) is 11.9. The van der Waals surface area contributed by atoms with Crippen LogP contribution in [-0.2, 0) is 4.79 Å². The highest BCUT2D eigenvalue weighted by molar-refractivity contribution is 9.10. The summed E-state index contributed by atoms with van der Waals surface area (Å²) in [7, 11) is 1.53. The van der Waals surface area contributed by atoms with Crippen molar-refractivity contribution in [3.8, 4) is 5.75 Å². The first kappa shape index (κ1) is 17.4. The second kappa shape index (κ2) is 7.55. The lowest BCUT2D eigenvalue weighted by Crippen LogP contribution is -2.34. The zero-order valence-electron chi connectivity index (χ0n) is 12.7. The van der Waals surface area contributed by atoms with Crippen LogP contribution < -0.4 is 4.74 Å². The highest BCUT2D eigenvalue weighted by Crippen LogP contribution is 2.25. The number of carbonyl (C=O) groups excluding carboxylic acids is 1. The van der Waals surface area contributed by atoms with Crippen LogP contribution in [0.25, 0.3) is 0 Å². The van der Waals surface area contributed by atoms with Gasteiger partial charge in [-0.1, -0.05) is 12.1 Å². The Morgan fingerprint density at radius 3 is 2.65 bits per heavy atom. The van der Waals surface area contributed by atoms with E-state index in [1.807, 2.05) is 6.07 Å². The molecular weight excluding hydrogens is 368 g/mol. The van der Waals surface area contributed by atoms with Gasteiger partial charge in [-0.3, -0.25) is 4.79 Å². The van der Waals surface area contributed by atoms with Crippen LogP contribution in [-0.4, -0.2) is 24.5 Å². The van der Waals surface area contributed by atoms with Crippen molar-refractivity contribution in [1.29, 1.82) is 0 Å². The third kappa shape index (κ3) is 4.28. The van der Waals surface area contributed by atoms with E-state index in [9.17, 15) is 13.6 Å². The van der Waals surface area contributed by atoms with E-state index in [4.69, 9.17) is 4.74 Å². The Bertz CT molecular complexity index is 709. The summed E-state index contributed by atoms with van der Waals surface area (Å²) in [4.78, 5) is 13.5. The molecule has 2 rings (SSSR count). The third-order valence-corrected chi connectivity index (χ3v) is 4.23. The summed E-state index contributed by atoms with van der Waals surface area (Å²) in [6.45, 7) is 1.44. The van der Waals surface area contributed by atoms with Crippen molar-refractivity contribution in [1.82, 2.24) is 4.90 Å². The highest BCUT2D eigenvalue weighted by atomic mass is 79.9. The number of para-hydroxylation sites is 1. The van der Waals surface area contributed by atoms with Crippen LogP contribution in [0.5, 0.6) is 5.75 Å². The van der Waals surface area contributed by atoms with Gasteiger partial charge in [0.1, 0.15) is 17.4 Å². The molecular formula is C17H16BrF2NO2. The van der Waals surface area contributed by atoms with Crippen molar-refractivity contribution < 1.29 is 18.3 Å². The Labute approximate surface area is 142 Å². The van der Waals surface area contributed by atoms with Crippen LogP contribution in [0.2, 0.25) is 0 Å². The Balaban J connectivity index is 2.04. The van der Waals surface area contributed by atoms with Gasteiger partial charge in [0.15, 0.2) is 6.61 Å². The molecule has 122 valence electrons. The molecule has 3 nitrogen and oxygen atoms in total. The molecule has 0 saturated heterocycles. The SMILES string of the molecule is CC(c1cc(F)ccc1F)N(C)C(=O)COc1ccccc1Br. The molecule has 2 aromatic carbocycles. The van der Waals surface area contributed by atoms with Crippen LogP contribution in [0.4, 0.5) is 8.78 Å². The van der Waals surface area contributed by atoms with Crippen LogP contribution in [0, 0.1) is 11.6 Å². The Morgan fingerprint density at radius 1 is 1.26 bits per heavy atom. The Hall–Kier alpha value is -1.95. The molecule has 0 spiro atoms. The minimum Gasteiger partial charge on any atom is -0.483 e. The van der Waals surface area contributed by atoms with Crippen molar-refractivity contribution in [2.75, 3.05) is 13.7 Å². The maximum absolute atomic E-state index is 13.8. The second-order valence-corrected chi connectivity index (χ2v) is 5.92. The van der Waals surface area contributed by atoms with E-state index in [1.54, 1.807) is 25.1 Å². The molecule has 0 aliphatic carbocycles. The molecule has 0 saturated carbocycles. The summed E-state index contributed by atoms with van der Waals surface area (Å²) in [5.41, 5.74) is 0.127. The summed E-state index contributed by atoms with van der Waals surface area (Å²) in [5, 5.41) is 0. The quantitative estimate of drug-likeness (QED) is 0.768. The van der Waals surface area contributed by atoms with Gasteiger partial charge in [0.25, 0.3) is 5.91 Å². The summed E-state index contributed by atoms with van der Waals surface area (Å²) in [5.74, 6) is -0.889. The number of hydrogen-bond donors (Lipinski definition) is 0. The third-order valence-electron chi connectivity index (χ3n) is 3.57. The zero-order valence-corrected chi connectivity index (χ0v) is 14.3. The molecule has 1 unspecified atom stereocenters. The number of carbonyl (C=O) groups is 1. The van der Waals surface area contributed by atoms with Gasteiger partial charge in [-0.25, -0.2) is 8.78 Å². The lowest BCUT2D eigenvalue weighted by Gasteiger charge is -2.25. The summed E-state index contributed by atoms with van der Waals surface area (Å²) < 4.78 is 33.3. The van der Waals surface area contributed by atoms with E-state index in [0.717, 1.165) is 22.7 Å². The summed E-state index contributed by atoms with van der Waals surface area (Å²) in [6.07, 6.45) is 0. The average molecular weight is 384 g/mol. The van der Waals surface area contributed by atoms with Crippen molar-refractivity contribution in [3.63, 3.8) is 0 Å². The number of halogens is 3. The second-order valence-electron chi connectivity index (χ2n) is 5.07. The number of rotatable bonds is 5. The van der Waals surface area contributed by atoms with Crippen LogP contribution in [0.3, 0.4) is 0 Å². The molecule has 0 fully saturated rings. The molecule has 6 heteroatoms. The molecule has 0 aromatic heterocycles. The van der Waals surface area contributed by atoms with Gasteiger partial charge in [-0.05, 0) is 53.2 Å². The van der Waals surface area contributed by atoms with Gasteiger partial charge in [0.2, 0.25) is 0 Å². The lowest BCUT2D eigenvalue weighted by molar-refractivity contribution is -0.134. The molecule has 0 bridgehead atoms. The van der Waals surface area contributed by atoms with E-state index in [0.29, 0.717) is 5.75 Å². The molecule has 23 heavy (non-hydrogen) atoms. The first-order valence-corrected chi connectivity index (χ1v) is 7.77. The minimum absolute atomic E-state index is 0.127. The summed E-state index contributed by atoms with van der Waals surface area (Å²) >= 11 is 3.33. The van der Waals surface area contributed by atoms with Gasteiger partial charge in [0.05, 0.1) is 10.5 Å². The maximum atomic E-state index is 13.8. The maximum Gasteiger partial charge on any atom is 0.260 e. The Kier molecular flexibility index (Phi) is 5.71. The van der Waals surface area contributed by atoms with Crippen molar-refractivity contribution in [3.05, 3.63) is 64.1 Å². The smallest absolute Gasteiger partial charge is 0.260 e. The predicted molar refractivity (Wildman–Crippen MR) is 87.2 cm³/mol. The lowest BCUT2D eigenvalue weighted by atomic mass is 10.1. The van der Waals surface area contributed by atoms with Crippen LogP contribution in [0.15, 0.2) is 46.9 Å². The first-order chi connectivity index (χ1) is 10.9. The molecule has 0 N–H and O–H groups in total. The van der Waals surface area contributed by atoms with Gasteiger partial charge in [-0.15, -0.1) is 0 Å². The topological polar surface area (TPSA) is 29.5 Å². The molecule has 1 atom stereocenters. The van der Waals surface area contributed by atoms with Gasteiger partial charge in [0, 0.05) is 12.6 Å². The van der Waals surface area contributed by atoms with E-state index in [1.165, 1.54) is 11.9 Å². The van der Waals surface area contributed by atoms with E-state index in [-0.39, 0.29) is 18.1 Å². The van der Waals surface area contributed by atoms with E-state index >= 15 is 0 Å². The fraction of sp³-hybridized carbons (Fsp3) is 0.235. The number of benzene rings is 2. The minimum atomic E-state index is -0.610. The fourth-order valence-electron chi connectivity index (χ4n) is 2.06. The average Bonchev–Trinajstić information content (AvgIpc) is 2.54. The monoisotopic (exact) mass is 383 g/mol. The number of likely N-dealkylation sites (N-methyl/N-ethyl adjacent to an activating group) is 1. The zero-order chi connectivity index (χ0) is 17.0. The standard InChI is InChI=1S/C17H16BrF2NO2/c1-11(13-9-12(19)7-8-15(13)20)21(2)17(22)10-23-16-6-4-3-5-14(16)18/h3-9,11H,10H2,1-2H3. The van der Waals surface area contributed by atoms with Gasteiger partial charge in [-0.2, -0.15) is 0 Å². The number of amides is 1. The van der Waals surface area contributed by atoms with Crippen molar-refractivity contribution >= 4 is 21.8 Å². The fourth-order valence-corrected chi connectivity index (χ4v) is 2.46. The molecule has 0 aliphatic heterocycles. The van der Waals surface area contributed by atoms with Crippen molar-refractivity contribution in [2.24, 2.45) is 0 Å². The van der Waals surface area contributed by atoms with E-state index in [2.05, 4.69) is 15.9 Å². The Morgan fingerprint density at radius 2 is 1.96 bits per heavy atom. The van der Waals surface area contributed by atoms with Crippen LogP contribution in [0.1, 0.15) is 18.5 Å². The van der Waals surface area contributed by atoms with E-state index < -0.39 is 17.7 Å². The van der Waals surface area contributed by atoms with Crippen molar-refractivity contribution in [2.45, 2.75) is 13.0 Å².